The number of aromatic hydroxyl groups is 1. The van der Waals surface area contributed by atoms with Gasteiger partial charge in [-0.25, -0.2) is 0 Å². The fraction of sp³-hybridized carbons (Fsp3) is 0.250. The average Bonchev–Trinajstić information content (AvgIpc) is 2.57. The number of ether oxygens (including phenoxy) is 2. The Labute approximate surface area is 144 Å². The van der Waals surface area contributed by atoms with Crippen LogP contribution in [0.4, 0.5) is 0 Å². The molecule has 0 spiro atoms. The first-order valence-corrected chi connectivity index (χ1v) is 8.07. The molecule has 0 saturated heterocycles. The van der Waals surface area contributed by atoms with E-state index in [1.807, 2.05) is 37.6 Å². The second-order valence-corrected chi connectivity index (χ2v) is 6.84. The molecule has 0 amide bonds. The van der Waals surface area contributed by atoms with Crippen molar-refractivity contribution >= 4 is 27.9 Å². The van der Waals surface area contributed by atoms with Crippen molar-refractivity contribution < 1.29 is 14.6 Å². The highest BCUT2D eigenvalue weighted by Crippen LogP contribution is 2.40. The van der Waals surface area contributed by atoms with Gasteiger partial charge in [0.25, 0.3) is 0 Å². The molecule has 5 heteroatoms. The second-order valence-electron chi connectivity index (χ2n) is 6.84. The molecule has 1 aliphatic rings. The molecule has 0 bridgehead atoms. The molecule has 0 radical (unpaired) electrons. The van der Waals surface area contributed by atoms with E-state index in [0.717, 1.165) is 16.6 Å². The van der Waals surface area contributed by atoms with Gasteiger partial charge in [-0.3, -0.25) is 4.79 Å². The minimum absolute atomic E-state index is 0.0610. The Morgan fingerprint density at radius 2 is 2.00 bits per heavy atom. The zero-order valence-corrected chi connectivity index (χ0v) is 14.6. The zero-order chi connectivity index (χ0) is 17.9. The van der Waals surface area contributed by atoms with E-state index >= 15 is 0 Å². The number of aromatic nitrogens is 1. The Bertz CT molecular complexity index is 1120. The zero-order valence-electron chi connectivity index (χ0n) is 14.6. The second kappa shape index (κ2) is 5.02. The van der Waals surface area contributed by atoms with E-state index in [9.17, 15) is 9.90 Å². The third-order valence-corrected chi connectivity index (χ3v) is 4.66. The van der Waals surface area contributed by atoms with Gasteiger partial charge in [-0.05, 0) is 44.2 Å². The van der Waals surface area contributed by atoms with E-state index in [1.54, 1.807) is 18.2 Å². The number of methoxy groups -OCH3 is 1. The Kier molecular flexibility index (Phi) is 3.13. The number of hydrogen-bond acceptors (Lipinski definition) is 4. The number of aryl methyl sites for hydroxylation is 1. The predicted molar refractivity (Wildman–Crippen MR) is 98.7 cm³/mol. The number of rotatable bonds is 1. The van der Waals surface area contributed by atoms with Crippen LogP contribution < -0.4 is 14.9 Å². The van der Waals surface area contributed by atoms with Gasteiger partial charge in [0, 0.05) is 18.7 Å². The van der Waals surface area contributed by atoms with E-state index in [4.69, 9.17) is 9.47 Å². The van der Waals surface area contributed by atoms with Crippen LogP contribution in [0.25, 0.3) is 27.9 Å². The molecule has 0 saturated carbocycles. The molecule has 2 aromatic carbocycles. The first-order valence-electron chi connectivity index (χ1n) is 8.07. The molecule has 1 N–H and O–H groups in total. The van der Waals surface area contributed by atoms with Gasteiger partial charge in [0.2, 0.25) is 5.43 Å². The minimum Gasteiger partial charge on any atom is -0.508 e. The molecule has 3 aromatic rings. The Hall–Kier alpha value is -2.95. The highest BCUT2D eigenvalue weighted by atomic mass is 16.5. The highest BCUT2D eigenvalue weighted by Gasteiger charge is 2.26. The van der Waals surface area contributed by atoms with Crippen molar-refractivity contribution in [1.29, 1.82) is 0 Å². The topological polar surface area (TPSA) is 60.7 Å². The van der Waals surface area contributed by atoms with Crippen LogP contribution in [-0.2, 0) is 7.05 Å². The first kappa shape index (κ1) is 15.6. The van der Waals surface area contributed by atoms with Crippen LogP contribution >= 0.6 is 0 Å². The van der Waals surface area contributed by atoms with Gasteiger partial charge >= 0.3 is 0 Å². The summed E-state index contributed by atoms with van der Waals surface area (Å²) in [5, 5.41) is 10.7. The lowest BCUT2D eigenvalue weighted by molar-refractivity contribution is 0.159. The van der Waals surface area contributed by atoms with Crippen LogP contribution in [-0.4, -0.2) is 22.4 Å². The summed E-state index contributed by atoms with van der Waals surface area (Å²) in [4.78, 5) is 13.1. The van der Waals surface area contributed by atoms with Crippen LogP contribution in [0.1, 0.15) is 19.4 Å². The summed E-state index contributed by atoms with van der Waals surface area (Å²) < 4.78 is 13.5. The van der Waals surface area contributed by atoms with Crippen LogP contribution in [0.3, 0.4) is 0 Å². The van der Waals surface area contributed by atoms with Crippen LogP contribution in [0.2, 0.25) is 0 Å². The fourth-order valence-electron chi connectivity index (χ4n) is 3.47. The molecule has 1 aromatic heterocycles. The van der Waals surface area contributed by atoms with Crippen molar-refractivity contribution in [3.63, 3.8) is 0 Å². The molecule has 128 valence electrons. The Balaban J connectivity index is 2.25. The molecule has 0 atom stereocenters. The van der Waals surface area contributed by atoms with Gasteiger partial charge in [-0.2, -0.15) is 0 Å². The van der Waals surface area contributed by atoms with E-state index in [2.05, 4.69) is 0 Å². The van der Waals surface area contributed by atoms with E-state index in [-0.39, 0.29) is 11.2 Å². The number of phenols is 1. The van der Waals surface area contributed by atoms with E-state index in [1.165, 1.54) is 13.2 Å². The lowest BCUT2D eigenvalue weighted by Crippen LogP contribution is -2.28. The van der Waals surface area contributed by atoms with Gasteiger partial charge in [-0.15, -0.1) is 0 Å². The Morgan fingerprint density at radius 1 is 1.24 bits per heavy atom. The number of phenolic OH excluding ortho intramolecular Hbond substituents is 1. The summed E-state index contributed by atoms with van der Waals surface area (Å²) in [6.07, 6.45) is 3.97. The van der Waals surface area contributed by atoms with Crippen molar-refractivity contribution in [1.82, 2.24) is 4.57 Å². The number of fused-ring (bicyclic) bond motifs is 4. The van der Waals surface area contributed by atoms with E-state index < -0.39 is 5.60 Å². The standard InChI is InChI=1S/C20H19NO4/c1-20(2)8-7-12-15(25-20)10-16(24-4)17-18(12)21(3)14-6-5-11(22)9-13(14)19(17)23/h5-10,22H,1-4H3. The molecule has 0 fully saturated rings. The van der Waals surface area contributed by atoms with Crippen molar-refractivity contribution in [3.05, 3.63) is 46.1 Å². The first-order chi connectivity index (χ1) is 11.8. The summed E-state index contributed by atoms with van der Waals surface area (Å²) in [5.41, 5.74) is 1.75. The average molecular weight is 337 g/mol. The maximum Gasteiger partial charge on any atom is 0.201 e. The fourth-order valence-corrected chi connectivity index (χ4v) is 3.47. The van der Waals surface area contributed by atoms with Crippen molar-refractivity contribution in [3.8, 4) is 17.2 Å². The van der Waals surface area contributed by atoms with Gasteiger partial charge in [-0.1, -0.05) is 0 Å². The van der Waals surface area contributed by atoms with Crippen LogP contribution in [0, 0.1) is 0 Å². The normalized spacial score (nSPS) is 15.2. The molecule has 5 nitrogen and oxygen atoms in total. The molecular formula is C20H19NO4. The molecule has 2 heterocycles. The minimum atomic E-state index is -0.423. The van der Waals surface area contributed by atoms with Gasteiger partial charge in [0.15, 0.2) is 0 Å². The Morgan fingerprint density at radius 3 is 2.72 bits per heavy atom. The number of nitrogens with zero attached hydrogens (tertiary/aromatic N) is 1. The number of benzene rings is 2. The van der Waals surface area contributed by atoms with Crippen LogP contribution in [0.5, 0.6) is 17.2 Å². The predicted octanol–water partition coefficient (Wildman–Crippen LogP) is 3.59. The van der Waals surface area contributed by atoms with Crippen molar-refractivity contribution in [2.75, 3.05) is 7.11 Å². The summed E-state index contributed by atoms with van der Waals surface area (Å²) in [5.74, 6) is 1.21. The lowest BCUT2D eigenvalue weighted by Gasteiger charge is -2.29. The molecule has 4 rings (SSSR count). The maximum absolute atomic E-state index is 13.1. The molecule has 1 aliphatic heterocycles. The lowest BCUT2D eigenvalue weighted by atomic mass is 9.98. The molecule has 25 heavy (non-hydrogen) atoms. The molecule has 0 aliphatic carbocycles. The maximum atomic E-state index is 13.1. The van der Waals surface area contributed by atoms with Gasteiger partial charge < -0.3 is 19.1 Å². The highest BCUT2D eigenvalue weighted by molar-refractivity contribution is 6.02. The van der Waals surface area contributed by atoms with Crippen molar-refractivity contribution in [2.24, 2.45) is 7.05 Å². The van der Waals surface area contributed by atoms with Crippen molar-refractivity contribution in [2.45, 2.75) is 19.4 Å². The quantitative estimate of drug-likeness (QED) is 0.689. The third kappa shape index (κ3) is 2.19. The summed E-state index contributed by atoms with van der Waals surface area (Å²) >= 11 is 0. The SMILES string of the molecule is COc1cc2c(c3c1c(=O)c1cc(O)ccc1n3C)C=CC(C)(C)O2. The van der Waals surface area contributed by atoms with Gasteiger partial charge in [0.05, 0.1) is 28.9 Å². The van der Waals surface area contributed by atoms with E-state index in [0.29, 0.717) is 22.3 Å². The molecule has 0 unspecified atom stereocenters. The largest absolute Gasteiger partial charge is 0.508 e. The number of pyridine rings is 1. The number of hydrogen-bond donors (Lipinski definition) is 1. The summed E-state index contributed by atoms with van der Waals surface area (Å²) in [6, 6.07) is 6.58. The van der Waals surface area contributed by atoms with Crippen LogP contribution in [0.15, 0.2) is 35.1 Å². The summed E-state index contributed by atoms with van der Waals surface area (Å²) in [6.45, 7) is 3.95. The van der Waals surface area contributed by atoms with Gasteiger partial charge in [0.1, 0.15) is 22.8 Å². The molecular weight excluding hydrogens is 318 g/mol. The third-order valence-electron chi connectivity index (χ3n) is 4.66. The monoisotopic (exact) mass is 337 g/mol. The smallest absolute Gasteiger partial charge is 0.201 e. The summed E-state index contributed by atoms with van der Waals surface area (Å²) in [7, 11) is 3.44.